The fourth-order valence-electron chi connectivity index (χ4n) is 3.41. The zero-order valence-corrected chi connectivity index (χ0v) is 17.8. The topological polar surface area (TPSA) is 111 Å². The zero-order valence-electron chi connectivity index (χ0n) is 17.0. The van der Waals surface area contributed by atoms with E-state index in [-0.39, 0.29) is 16.3 Å². The highest BCUT2D eigenvalue weighted by atomic mass is 32.2. The van der Waals surface area contributed by atoms with Crippen molar-refractivity contribution in [2.24, 2.45) is 0 Å². The third-order valence-electron chi connectivity index (χ3n) is 5.05. The Hall–Kier alpha value is -2.85. The van der Waals surface area contributed by atoms with Crippen LogP contribution in [0.4, 0.5) is 11.4 Å². The summed E-state index contributed by atoms with van der Waals surface area (Å²) in [6, 6.07) is 9.31. The predicted octanol–water partition coefficient (Wildman–Crippen LogP) is 3.40. The van der Waals surface area contributed by atoms with E-state index in [1.54, 1.807) is 19.2 Å². The van der Waals surface area contributed by atoms with E-state index in [9.17, 15) is 18.5 Å². The van der Waals surface area contributed by atoms with E-state index < -0.39 is 14.9 Å². The molecule has 0 radical (unpaired) electrons. The Kier molecular flexibility index (Phi) is 6.78. The van der Waals surface area contributed by atoms with Gasteiger partial charge in [-0.25, -0.2) is 8.42 Å². The molecule has 1 aliphatic rings. The lowest BCUT2D eigenvalue weighted by molar-refractivity contribution is -0.384. The van der Waals surface area contributed by atoms with Gasteiger partial charge in [0.25, 0.3) is 5.69 Å². The standard InChI is InChI=1S/C20H25N3O6S/c1-28-19-9-6-15(12-20(19)29-2)14-21-17-8-7-16(13-18(17)23(24)25)30(26,27)22-10-4-3-5-11-22/h6-9,12-13,21H,3-5,10-11,14H2,1-2H3. The predicted molar refractivity (Wildman–Crippen MR) is 113 cm³/mol. The number of piperidine rings is 1. The van der Waals surface area contributed by atoms with Gasteiger partial charge >= 0.3 is 0 Å². The Morgan fingerprint density at radius 3 is 2.37 bits per heavy atom. The highest BCUT2D eigenvalue weighted by Gasteiger charge is 2.28. The lowest BCUT2D eigenvalue weighted by Gasteiger charge is -2.25. The molecule has 1 aliphatic heterocycles. The molecule has 0 bridgehead atoms. The van der Waals surface area contributed by atoms with Gasteiger partial charge in [-0.1, -0.05) is 12.5 Å². The molecule has 0 spiro atoms. The number of hydrogen-bond acceptors (Lipinski definition) is 7. The van der Waals surface area contributed by atoms with Crippen LogP contribution in [-0.4, -0.2) is 45.0 Å². The normalized spacial score (nSPS) is 14.9. The minimum Gasteiger partial charge on any atom is -0.493 e. The van der Waals surface area contributed by atoms with Crippen molar-refractivity contribution in [3.05, 3.63) is 52.1 Å². The van der Waals surface area contributed by atoms with Gasteiger partial charge in [0.1, 0.15) is 5.69 Å². The molecule has 2 aromatic rings. The molecule has 0 atom stereocenters. The maximum Gasteiger partial charge on any atom is 0.293 e. The molecular formula is C20H25N3O6S. The Bertz CT molecular complexity index is 1020. The molecule has 0 amide bonds. The van der Waals surface area contributed by atoms with Gasteiger partial charge in [0, 0.05) is 25.7 Å². The van der Waals surface area contributed by atoms with Crippen LogP contribution >= 0.6 is 0 Å². The largest absolute Gasteiger partial charge is 0.493 e. The SMILES string of the molecule is COc1ccc(CNc2ccc(S(=O)(=O)N3CCCCC3)cc2[N+](=O)[O-])cc1OC. The summed E-state index contributed by atoms with van der Waals surface area (Å²) >= 11 is 0. The average molecular weight is 436 g/mol. The van der Waals surface area contributed by atoms with Gasteiger partial charge in [-0.3, -0.25) is 10.1 Å². The van der Waals surface area contributed by atoms with Gasteiger partial charge < -0.3 is 14.8 Å². The molecule has 2 aromatic carbocycles. The molecule has 30 heavy (non-hydrogen) atoms. The van der Waals surface area contributed by atoms with Crippen molar-refractivity contribution in [2.45, 2.75) is 30.7 Å². The highest BCUT2D eigenvalue weighted by molar-refractivity contribution is 7.89. The second-order valence-corrected chi connectivity index (χ2v) is 8.88. The number of hydrogen-bond donors (Lipinski definition) is 1. The third kappa shape index (κ3) is 4.65. The van der Waals surface area contributed by atoms with Gasteiger partial charge in [-0.2, -0.15) is 4.31 Å². The first kappa shape index (κ1) is 21.8. The summed E-state index contributed by atoms with van der Waals surface area (Å²) in [4.78, 5) is 11.0. The van der Waals surface area contributed by atoms with Crippen LogP contribution in [0, 0.1) is 10.1 Å². The first-order valence-electron chi connectivity index (χ1n) is 9.60. The molecule has 0 saturated carbocycles. The summed E-state index contributed by atoms with van der Waals surface area (Å²) in [6.07, 6.45) is 2.59. The van der Waals surface area contributed by atoms with E-state index in [1.807, 2.05) is 6.07 Å². The van der Waals surface area contributed by atoms with Crippen LogP contribution in [0.15, 0.2) is 41.3 Å². The number of benzene rings is 2. The smallest absolute Gasteiger partial charge is 0.293 e. The van der Waals surface area contributed by atoms with Crippen molar-refractivity contribution < 1.29 is 22.8 Å². The number of ether oxygens (including phenoxy) is 2. The van der Waals surface area contributed by atoms with Crippen molar-refractivity contribution in [2.75, 3.05) is 32.6 Å². The molecule has 1 fully saturated rings. The Morgan fingerprint density at radius 2 is 1.73 bits per heavy atom. The fourth-order valence-corrected chi connectivity index (χ4v) is 4.95. The van der Waals surface area contributed by atoms with Gasteiger partial charge in [0.15, 0.2) is 11.5 Å². The van der Waals surface area contributed by atoms with Gasteiger partial charge in [-0.05, 0) is 42.7 Å². The first-order chi connectivity index (χ1) is 14.4. The molecule has 1 saturated heterocycles. The van der Waals surface area contributed by atoms with E-state index in [1.165, 1.54) is 23.5 Å². The lowest BCUT2D eigenvalue weighted by atomic mass is 10.2. The molecule has 162 valence electrons. The van der Waals surface area contributed by atoms with Crippen molar-refractivity contribution in [1.82, 2.24) is 4.31 Å². The second-order valence-electron chi connectivity index (χ2n) is 6.94. The number of nitro benzene ring substituents is 1. The van der Waals surface area contributed by atoms with Crippen LogP contribution in [0.25, 0.3) is 0 Å². The Morgan fingerprint density at radius 1 is 1.03 bits per heavy atom. The molecule has 3 rings (SSSR count). The van der Waals surface area contributed by atoms with Crippen LogP contribution in [0.3, 0.4) is 0 Å². The first-order valence-corrected chi connectivity index (χ1v) is 11.0. The van der Waals surface area contributed by atoms with E-state index >= 15 is 0 Å². The minimum absolute atomic E-state index is 0.0623. The molecule has 10 heteroatoms. The summed E-state index contributed by atoms with van der Waals surface area (Å²) in [5.41, 5.74) is 0.785. The van der Waals surface area contributed by atoms with Crippen molar-refractivity contribution in [3.8, 4) is 11.5 Å². The molecule has 0 aromatic heterocycles. The van der Waals surface area contributed by atoms with Crippen LogP contribution in [0.5, 0.6) is 11.5 Å². The number of nitrogens with zero attached hydrogens (tertiary/aromatic N) is 2. The summed E-state index contributed by atoms with van der Waals surface area (Å²) in [5, 5.41) is 14.6. The van der Waals surface area contributed by atoms with E-state index in [0.717, 1.165) is 30.9 Å². The molecule has 1 heterocycles. The minimum atomic E-state index is -3.75. The van der Waals surface area contributed by atoms with Gasteiger partial charge in [0.2, 0.25) is 10.0 Å². The summed E-state index contributed by atoms with van der Waals surface area (Å²) in [5.74, 6) is 1.13. The van der Waals surface area contributed by atoms with Crippen LogP contribution in [-0.2, 0) is 16.6 Å². The Labute approximate surface area is 175 Å². The number of nitro groups is 1. The molecule has 1 N–H and O–H groups in total. The monoisotopic (exact) mass is 435 g/mol. The molecule has 9 nitrogen and oxygen atoms in total. The summed E-state index contributed by atoms with van der Waals surface area (Å²) < 4.78 is 37.6. The second kappa shape index (κ2) is 9.31. The Balaban J connectivity index is 1.83. The lowest BCUT2D eigenvalue weighted by Crippen LogP contribution is -2.35. The number of sulfonamides is 1. The van der Waals surface area contributed by atoms with Crippen molar-refractivity contribution in [1.29, 1.82) is 0 Å². The number of nitrogens with one attached hydrogen (secondary N) is 1. The number of rotatable bonds is 8. The van der Waals surface area contributed by atoms with Crippen molar-refractivity contribution >= 4 is 21.4 Å². The number of methoxy groups -OCH3 is 2. The summed E-state index contributed by atoms with van der Waals surface area (Å²) in [7, 11) is -0.678. The molecule has 0 aliphatic carbocycles. The average Bonchev–Trinajstić information content (AvgIpc) is 2.77. The van der Waals surface area contributed by atoms with Crippen molar-refractivity contribution in [3.63, 3.8) is 0 Å². The quantitative estimate of drug-likeness (QED) is 0.500. The molecular weight excluding hydrogens is 410 g/mol. The van der Waals surface area contributed by atoms with E-state index in [0.29, 0.717) is 31.1 Å². The fraction of sp³-hybridized carbons (Fsp3) is 0.400. The van der Waals surface area contributed by atoms with Gasteiger partial charge in [0.05, 0.1) is 24.0 Å². The van der Waals surface area contributed by atoms with E-state index in [4.69, 9.17) is 9.47 Å². The maximum atomic E-state index is 12.8. The zero-order chi connectivity index (χ0) is 21.7. The van der Waals surface area contributed by atoms with Crippen LogP contribution in [0.2, 0.25) is 0 Å². The maximum absolute atomic E-state index is 12.8. The highest BCUT2D eigenvalue weighted by Crippen LogP contribution is 2.31. The third-order valence-corrected chi connectivity index (χ3v) is 6.94. The van der Waals surface area contributed by atoms with E-state index in [2.05, 4.69) is 5.32 Å². The van der Waals surface area contributed by atoms with Crippen LogP contribution in [0.1, 0.15) is 24.8 Å². The summed E-state index contributed by atoms with van der Waals surface area (Å²) in [6.45, 7) is 1.17. The van der Waals surface area contributed by atoms with Crippen LogP contribution < -0.4 is 14.8 Å². The van der Waals surface area contributed by atoms with Gasteiger partial charge in [-0.15, -0.1) is 0 Å². The number of anilines is 1. The molecule has 0 unspecified atom stereocenters.